The minimum absolute atomic E-state index is 0.326. The predicted octanol–water partition coefficient (Wildman–Crippen LogP) is 0.314. The predicted molar refractivity (Wildman–Crippen MR) is 51.6 cm³/mol. The monoisotopic (exact) mass is 209 g/mol. The molecule has 84 valence electrons. The molecule has 4 fully saturated rings. The molecule has 15 heavy (non-hydrogen) atoms. The molecule has 3 nitrogen and oxygen atoms in total. The first-order chi connectivity index (χ1) is 7.09. The summed E-state index contributed by atoms with van der Waals surface area (Å²) in [4.78, 5) is 10.9. The van der Waals surface area contributed by atoms with Crippen LogP contribution in [-0.2, 0) is 4.79 Å². The smallest absolute Gasteiger partial charge is 0.0989 e. The van der Waals surface area contributed by atoms with Crippen molar-refractivity contribution in [3.8, 4) is 0 Å². The van der Waals surface area contributed by atoms with E-state index in [2.05, 4.69) is 0 Å². The van der Waals surface area contributed by atoms with E-state index >= 15 is 0 Å². The largest absolute Gasteiger partial charge is 0.547 e. The maximum Gasteiger partial charge on any atom is 0.0989 e. The van der Waals surface area contributed by atoms with E-state index in [1.165, 1.54) is 19.3 Å². The van der Waals surface area contributed by atoms with E-state index in [1.54, 1.807) is 0 Å². The maximum absolute atomic E-state index is 10.9. The molecule has 4 saturated carbocycles. The highest BCUT2D eigenvalue weighted by Crippen LogP contribution is 2.61. The summed E-state index contributed by atoms with van der Waals surface area (Å²) >= 11 is 0. The van der Waals surface area contributed by atoms with Gasteiger partial charge in [-0.2, -0.15) is 0 Å². The SMILES string of the molecule is O=C([O-])[C@H](O)C12CC3CC(CC(C3)C1)C2. The van der Waals surface area contributed by atoms with Gasteiger partial charge >= 0.3 is 0 Å². The van der Waals surface area contributed by atoms with Crippen molar-refractivity contribution in [1.29, 1.82) is 0 Å². The number of aliphatic hydroxyl groups excluding tert-OH is 1. The molecule has 0 saturated heterocycles. The zero-order chi connectivity index (χ0) is 10.6. The fourth-order valence-corrected chi connectivity index (χ4v) is 4.76. The number of carbonyl (C=O) groups is 1. The number of aliphatic carboxylic acids is 1. The lowest BCUT2D eigenvalue weighted by molar-refractivity contribution is -0.323. The third kappa shape index (κ3) is 1.32. The van der Waals surface area contributed by atoms with Crippen LogP contribution in [0.25, 0.3) is 0 Å². The number of rotatable bonds is 2. The van der Waals surface area contributed by atoms with Crippen molar-refractivity contribution in [3.63, 3.8) is 0 Å². The summed E-state index contributed by atoms with van der Waals surface area (Å²) in [6.45, 7) is 0. The van der Waals surface area contributed by atoms with Crippen LogP contribution in [0.4, 0.5) is 0 Å². The molecule has 0 aromatic rings. The van der Waals surface area contributed by atoms with Crippen molar-refractivity contribution in [3.05, 3.63) is 0 Å². The standard InChI is InChI=1S/C12H18O3/c13-10(11(14)15)12-4-7-1-8(5-12)3-9(2-7)6-12/h7-10,13H,1-6H2,(H,14,15)/p-1/t7?,8?,9?,10-,12?/m0/s1. The second-order valence-corrected chi connectivity index (χ2v) is 6.00. The van der Waals surface area contributed by atoms with Gasteiger partial charge in [0, 0.05) is 5.41 Å². The lowest BCUT2D eigenvalue weighted by Gasteiger charge is -2.58. The highest BCUT2D eigenvalue weighted by atomic mass is 16.4. The van der Waals surface area contributed by atoms with Crippen molar-refractivity contribution in [2.75, 3.05) is 0 Å². The van der Waals surface area contributed by atoms with E-state index in [1.807, 2.05) is 0 Å². The average molecular weight is 209 g/mol. The molecule has 0 aliphatic heterocycles. The molecule has 4 bridgehead atoms. The Hall–Kier alpha value is -0.570. The molecule has 0 amide bonds. The third-order valence-electron chi connectivity index (χ3n) is 4.89. The Morgan fingerprint density at radius 1 is 1.13 bits per heavy atom. The topological polar surface area (TPSA) is 60.4 Å². The molecule has 1 atom stereocenters. The van der Waals surface area contributed by atoms with E-state index in [-0.39, 0.29) is 5.41 Å². The number of hydrogen-bond acceptors (Lipinski definition) is 3. The van der Waals surface area contributed by atoms with Crippen molar-refractivity contribution in [2.24, 2.45) is 23.2 Å². The van der Waals surface area contributed by atoms with E-state index < -0.39 is 12.1 Å². The number of aliphatic hydroxyl groups is 1. The van der Waals surface area contributed by atoms with Gasteiger partial charge in [-0.3, -0.25) is 0 Å². The number of carboxylic acids is 1. The lowest BCUT2D eigenvalue weighted by atomic mass is 9.48. The fourth-order valence-electron chi connectivity index (χ4n) is 4.76. The molecule has 0 unspecified atom stereocenters. The number of hydrogen-bond donors (Lipinski definition) is 1. The van der Waals surface area contributed by atoms with Gasteiger partial charge < -0.3 is 15.0 Å². The van der Waals surface area contributed by atoms with Gasteiger partial charge in [0.1, 0.15) is 0 Å². The average Bonchev–Trinajstić information content (AvgIpc) is 2.14. The summed E-state index contributed by atoms with van der Waals surface area (Å²) in [5.74, 6) is 0.748. The molecular formula is C12H17O3-. The van der Waals surface area contributed by atoms with Crippen LogP contribution >= 0.6 is 0 Å². The molecule has 4 rings (SSSR count). The van der Waals surface area contributed by atoms with Gasteiger partial charge in [-0.1, -0.05) is 0 Å². The maximum atomic E-state index is 10.9. The molecule has 0 radical (unpaired) electrons. The second kappa shape index (κ2) is 2.97. The van der Waals surface area contributed by atoms with Gasteiger partial charge in [-0.05, 0) is 56.3 Å². The van der Waals surface area contributed by atoms with Crippen LogP contribution in [0.2, 0.25) is 0 Å². The molecular weight excluding hydrogens is 192 g/mol. The fraction of sp³-hybridized carbons (Fsp3) is 0.917. The Balaban J connectivity index is 1.89. The Morgan fingerprint density at radius 3 is 1.87 bits per heavy atom. The van der Waals surface area contributed by atoms with E-state index in [0.29, 0.717) is 17.8 Å². The quantitative estimate of drug-likeness (QED) is 0.712. The molecule has 0 aromatic carbocycles. The van der Waals surface area contributed by atoms with Crippen LogP contribution in [0, 0.1) is 23.2 Å². The molecule has 4 aliphatic rings. The normalized spacial score (nSPS) is 49.3. The molecule has 4 aliphatic carbocycles. The summed E-state index contributed by atoms with van der Waals surface area (Å²) < 4.78 is 0. The minimum Gasteiger partial charge on any atom is -0.547 e. The van der Waals surface area contributed by atoms with Crippen molar-refractivity contribution < 1.29 is 15.0 Å². The lowest BCUT2D eigenvalue weighted by Crippen LogP contribution is -2.56. The van der Waals surface area contributed by atoms with Crippen LogP contribution in [0.3, 0.4) is 0 Å². The van der Waals surface area contributed by atoms with Crippen LogP contribution in [0.1, 0.15) is 38.5 Å². The van der Waals surface area contributed by atoms with E-state index in [4.69, 9.17) is 0 Å². The van der Waals surface area contributed by atoms with Crippen LogP contribution in [-0.4, -0.2) is 17.2 Å². The van der Waals surface area contributed by atoms with E-state index in [0.717, 1.165) is 19.3 Å². The zero-order valence-corrected chi connectivity index (χ0v) is 8.82. The molecule has 0 heterocycles. The second-order valence-electron chi connectivity index (χ2n) is 6.00. The number of carbonyl (C=O) groups excluding carboxylic acids is 1. The zero-order valence-electron chi connectivity index (χ0n) is 8.82. The Bertz CT molecular complexity index is 262. The Morgan fingerprint density at radius 2 is 1.53 bits per heavy atom. The van der Waals surface area contributed by atoms with Crippen molar-refractivity contribution >= 4 is 5.97 Å². The Kier molecular flexibility index (Phi) is 1.91. The molecule has 0 aromatic heterocycles. The van der Waals surface area contributed by atoms with Gasteiger partial charge in [0.2, 0.25) is 0 Å². The minimum atomic E-state index is -1.27. The summed E-state index contributed by atoms with van der Waals surface area (Å²) in [6, 6.07) is 0. The summed E-state index contributed by atoms with van der Waals surface area (Å²) in [7, 11) is 0. The van der Waals surface area contributed by atoms with Crippen LogP contribution in [0.15, 0.2) is 0 Å². The summed E-state index contributed by atoms with van der Waals surface area (Å²) in [5, 5.41) is 20.7. The summed E-state index contributed by atoms with van der Waals surface area (Å²) in [6.07, 6.45) is 5.29. The highest BCUT2D eigenvalue weighted by molar-refractivity contribution is 5.71. The van der Waals surface area contributed by atoms with Crippen molar-refractivity contribution in [1.82, 2.24) is 0 Å². The van der Waals surface area contributed by atoms with Gasteiger partial charge in [0.05, 0.1) is 12.1 Å². The first-order valence-electron chi connectivity index (χ1n) is 5.98. The van der Waals surface area contributed by atoms with Gasteiger partial charge in [-0.15, -0.1) is 0 Å². The van der Waals surface area contributed by atoms with Crippen molar-refractivity contribution in [2.45, 2.75) is 44.6 Å². The first-order valence-corrected chi connectivity index (χ1v) is 5.98. The number of carboxylic acid groups (broad SMARTS) is 1. The first kappa shape index (κ1) is 9.64. The molecule has 3 heteroatoms. The van der Waals surface area contributed by atoms with Crippen LogP contribution < -0.4 is 5.11 Å². The Labute approximate surface area is 89.5 Å². The van der Waals surface area contributed by atoms with Crippen LogP contribution in [0.5, 0.6) is 0 Å². The van der Waals surface area contributed by atoms with Gasteiger partial charge in [0.15, 0.2) is 0 Å². The summed E-state index contributed by atoms with van der Waals surface area (Å²) in [5.41, 5.74) is -0.326. The van der Waals surface area contributed by atoms with E-state index in [9.17, 15) is 15.0 Å². The van der Waals surface area contributed by atoms with Gasteiger partial charge in [0.25, 0.3) is 0 Å². The third-order valence-corrected chi connectivity index (χ3v) is 4.89. The van der Waals surface area contributed by atoms with Gasteiger partial charge in [-0.25, -0.2) is 0 Å². The molecule has 1 N–H and O–H groups in total. The molecule has 0 spiro atoms. The highest BCUT2D eigenvalue weighted by Gasteiger charge is 2.54.